The van der Waals surface area contributed by atoms with Crippen LogP contribution in [0.2, 0.25) is 0 Å². The van der Waals surface area contributed by atoms with Crippen molar-refractivity contribution in [2.45, 2.75) is 33.6 Å². The van der Waals surface area contributed by atoms with Crippen LogP contribution in [0.1, 0.15) is 29.3 Å². The largest absolute Gasteiger partial charge is 0.356 e. The maximum absolute atomic E-state index is 11.9. The molecule has 0 aliphatic carbocycles. The van der Waals surface area contributed by atoms with Gasteiger partial charge < -0.3 is 5.32 Å². The van der Waals surface area contributed by atoms with Crippen LogP contribution in [0.3, 0.4) is 0 Å². The normalized spacial score (nSPS) is 10.2. The molecule has 1 heterocycles. The Labute approximate surface area is 113 Å². The SMILES string of the molecule is CCNC(=N)N(C)C(=O)CCc1scc(C)c1C. The Bertz CT molecular complexity index is 439. The summed E-state index contributed by atoms with van der Waals surface area (Å²) in [5.74, 6) is 0.146. The van der Waals surface area contributed by atoms with E-state index in [0.717, 1.165) is 6.42 Å². The van der Waals surface area contributed by atoms with Gasteiger partial charge in [0.05, 0.1) is 0 Å². The van der Waals surface area contributed by atoms with Crippen LogP contribution in [-0.4, -0.2) is 30.4 Å². The van der Waals surface area contributed by atoms with E-state index in [0.29, 0.717) is 13.0 Å². The van der Waals surface area contributed by atoms with Gasteiger partial charge in [-0.3, -0.25) is 15.1 Å². The molecule has 18 heavy (non-hydrogen) atoms. The average Bonchev–Trinajstić information content (AvgIpc) is 2.66. The van der Waals surface area contributed by atoms with E-state index in [1.807, 2.05) is 6.92 Å². The minimum Gasteiger partial charge on any atom is -0.356 e. The van der Waals surface area contributed by atoms with Crippen LogP contribution in [0.25, 0.3) is 0 Å². The van der Waals surface area contributed by atoms with E-state index in [2.05, 4.69) is 24.5 Å². The molecule has 5 heteroatoms. The van der Waals surface area contributed by atoms with E-state index in [1.54, 1.807) is 18.4 Å². The maximum Gasteiger partial charge on any atom is 0.229 e. The second-order valence-electron chi connectivity index (χ2n) is 4.30. The number of carbonyl (C=O) groups excluding carboxylic acids is 1. The molecule has 0 saturated carbocycles. The number of hydrogen-bond donors (Lipinski definition) is 2. The fraction of sp³-hybridized carbons (Fsp3) is 0.538. The number of hydrogen-bond acceptors (Lipinski definition) is 3. The first-order valence-electron chi connectivity index (χ1n) is 6.09. The molecule has 0 unspecified atom stereocenters. The molecule has 4 nitrogen and oxygen atoms in total. The van der Waals surface area contributed by atoms with E-state index >= 15 is 0 Å². The molecule has 0 bridgehead atoms. The van der Waals surface area contributed by atoms with Crippen LogP contribution in [0.4, 0.5) is 0 Å². The molecular formula is C13H21N3OS. The lowest BCUT2D eigenvalue weighted by Crippen LogP contribution is -2.41. The Balaban J connectivity index is 2.51. The van der Waals surface area contributed by atoms with Gasteiger partial charge in [-0.2, -0.15) is 0 Å². The highest BCUT2D eigenvalue weighted by Gasteiger charge is 2.14. The summed E-state index contributed by atoms with van der Waals surface area (Å²) in [6.07, 6.45) is 1.21. The van der Waals surface area contributed by atoms with Crippen molar-refractivity contribution in [1.82, 2.24) is 10.2 Å². The molecule has 0 aliphatic heterocycles. The molecule has 0 aromatic carbocycles. The number of guanidine groups is 1. The molecule has 0 saturated heterocycles. The highest BCUT2D eigenvalue weighted by atomic mass is 32.1. The number of nitrogens with zero attached hydrogens (tertiary/aromatic N) is 1. The highest BCUT2D eigenvalue weighted by Crippen LogP contribution is 2.22. The smallest absolute Gasteiger partial charge is 0.229 e. The lowest BCUT2D eigenvalue weighted by Gasteiger charge is -2.18. The third-order valence-corrected chi connectivity index (χ3v) is 4.27. The van der Waals surface area contributed by atoms with Crippen molar-refractivity contribution >= 4 is 23.2 Å². The zero-order valence-electron chi connectivity index (χ0n) is 11.5. The van der Waals surface area contributed by atoms with E-state index in [-0.39, 0.29) is 11.9 Å². The topological polar surface area (TPSA) is 56.2 Å². The summed E-state index contributed by atoms with van der Waals surface area (Å²) in [6.45, 7) is 6.74. The van der Waals surface area contributed by atoms with Gasteiger partial charge in [0.2, 0.25) is 5.91 Å². The number of carbonyl (C=O) groups is 1. The van der Waals surface area contributed by atoms with Crippen molar-refractivity contribution in [3.8, 4) is 0 Å². The Hall–Kier alpha value is -1.36. The third-order valence-electron chi connectivity index (χ3n) is 3.01. The Morgan fingerprint density at radius 3 is 2.67 bits per heavy atom. The molecule has 0 atom stereocenters. The lowest BCUT2D eigenvalue weighted by molar-refractivity contribution is -0.126. The van der Waals surface area contributed by atoms with Gasteiger partial charge in [0.1, 0.15) is 0 Å². The summed E-state index contributed by atoms with van der Waals surface area (Å²) in [4.78, 5) is 14.5. The number of thiophene rings is 1. The predicted molar refractivity (Wildman–Crippen MR) is 76.3 cm³/mol. The maximum atomic E-state index is 11.9. The van der Waals surface area contributed by atoms with Crippen LogP contribution < -0.4 is 5.32 Å². The Morgan fingerprint density at radius 1 is 1.50 bits per heavy atom. The quantitative estimate of drug-likeness (QED) is 0.649. The minimum atomic E-state index is -0.0218. The molecule has 100 valence electrons. The summed E-state index contributed by atoms with van der Waals surface area (Å²) in [5.41, 5.74) is 2.58. The predicted octanol–water partition coefficient (Wildman–Crippen LogP) is 2.30. The van der Waals surface area contributed by atoms with Gasteiger partial charge in [-0.05, 0) is 43.7 Å². The van der Waals surface area contributed by atoms with Gasteiger partial charge in [0.25, 0.3) is 0 Å². The van der Waals surface area contributed by atoms with Gasteiger partial charge in [0, 0.05) is 24.9 Å². The van der Waals surface area contributed by atoms with Crippen LogP contribution >= 0.6 is 11.3 Å². The van der Waals surface area contributed by atoms with Gasteiger partial charge >= 0.3 is 0 Å². The molecule has 1 aromatic heterocycles. The molecule has 1 aromatic rings. The van der Waals surface area contributed by atoms with E-state index in [4.69, 9.17) is 5.41 Å². The van der Waals surface area contributed by atoms with Crippen LogP contribution in [0, 0.1) is 19.3 Å². The van der Waals surface area contributed by atoms with Crippen molar-refractivity contribution < 1.29 is 4.79 Å². The summed E-state index contributed by atoms with van der Waals surface area (Å²) >= 11 is 1.71. The third kappa shape index (κ3) is 3.57. The average molecular weight is 267 g/mol. The summed E-state index contributed by atoms with van der Waals surface area (Å²) in [5, 5.41) is 12.6. The second-order valence-corrected chi connectivity index (χ2v) is 5.26. The minimum absolute atomic E-state index is 0.0218. The molecule has 1 amide bonds. The van der Waals surface area contributed by atoms with Crippen molar-refractivity contribution in [2.24, 2.45) is 0 Å². The summed E-state index contributed by atoms with van der Waals surface area (Å²) in [6, 6.07) is 0. The molecule has 0 spiro atoms. The number of aryl methyl sites for hydroxylation is 2. The Kier molecular flexibility index (Phi) is 5.34. The van der Waals surface area contributed by atoms with Gasteiger partial charge in [0.15, 0.2) is 5.96 Å². The molecule has 0 fully saturated rings. The molecule has 1 rings (SSSR count). The van der Waals surface area contributed by atoms with Gasteiger partial charge in [-0.1, -0.05) is 0 Å². The second kappa shape index (κ2) is 6.54. The first kappa shape index (κ1) is 14.7. The monoisotopic (exact) mass is 267 g/mol. The number of nitrogens with one attached hydrogen (secondary N) is 2. The zero-order valence-corrected chi connectivity index (χ0v) is 12.3. The first-order chi connectivity index (χ1) is 8.47. The summed E-state index contributed by atoms with van der Waals surface area (Å²) in [7, 11) is 1.64. The van der Waals surface area contributed by atoms with Crippen molar-refractivity contribution in [1.29, 1.82) is 5.41 Å². The van der Waals surface area contributed by atoms with Gasteiger partial charge in [-0.15, -0.1) is 11.3 Å². The van der Waals surface area contributed by atoms with E-state index in [1.165, 1.54) is 20.9 Å². The van der Waals surface area contributed by atoms with Crippen LogP contribution in [0.5, 0.6) is 0 Å². The standard InChI is InChI=1S/C13H21N3OS/c1-5-15-13(14)16(4)12(17)7-6-11-10(3)9(2)8-18-11/h8H,5-7H2,1-4H3,(H2,14,15). The number of rotatable bonds is 4. The van der Waals surface area contributed by atoms with Crippen LogP contribution in [0.15, 0.2) is 5.38 Å². The zero-order chi connectivity index (χ0) is 13.7. The lowest BCUT2D eigenvalue weighted by atomic mass is 10.1. The summed E-state index contributed by atoms with van der Waals surface area (Å²) < 4.78 is 0. The van der Waals surface area contributed by atoms with Gasteiger partial charge in [-0.25, -0.2) is 0 Å². The molecule has 0 aliphatic rings. The fourth-order valence-corrected chi connectivity index (χ4v) is 2.66. The molecule has 0 radical (unpaired) electrons. The van der Waals surface area contributed by atoms with Crippen molar-refractivity contribution in [2.75, 3.05) is 13.6 Å². The first-order valence-corrected chi connectivity index (χ1v) is 6.97. The fourth-order valence-electron chi connectivity index (χ4n) is 1.60. The molecular weight excluding hydrogens is 246 g/mol. The van der Waals surface area contributed by atoms with E-state index < -0.39 is 0 Å². The highest BCUT2D eigenvalue weighted by molar-refractivity contribution is 7.10. The Morgan fingerprint density at radius 2 is 2.17 bits per heavy atom. The molecule has 2 N–H and O–H groups in total. The van der Waals surface area contributed by atoms with Crippen molar-refractivity contribution in [3.63, 3.8) is 0 Å². The number of amides is 1. The van der Waals surface area contributed by atoms with Crippen LogP contribution in [-0.2, 0) is 11.2 Å². The van der Waals surface area contributed by atoms with Crippen molar-refractivity contribution in [3.05, 3.63) is 21.4 Å². The van der Waals surface area contributed by atoms with E-state index in [9.17, 15) is 4.79 Å².